The van der Waals surface area contributed by atoms with E-state index in [2.05, 4.69) is 56.1 Å². The monoisotopic (exact) mass is 660 g/mol. The lowest BCUT2D eigenvalue weighted by Crippen LogP contribution is -2.30. The second-order valence-corrected chi connectivity index (χ2v) is 12.1. The van der Waals surface area contributed by atoms with E-state index in [1.165, 1.54) is 17.5 Å². The summed E-state index contributed by atoms with van der Waals surface area (Å²) in [6, 6.07) is 26.7. The van der Waals surface area contributed by atoms with Gasteiger partial charge in [-0.1, -0.05) is 87.5 Å². The van der Waals surface area contributed by atoms with Crippen LogP contribution in [0.1, 0.15) is 75.1 Å². The Morgan fingerprint density at radius 3 is 1.38 bits per heavy atom. The molecule has 0 bridgehead atoms. The molecule has 4 aromatic rings. The molecule has 0 saturated heterocycles. The topological polar surface area (TPSA) is 52.6 Å². The second kappa shape index (κ2) is 12.1. The van der Waals surface area contributed by atoms with Gasteiger partial charge in [-0.15, -0.1) is 0 Å². The van der Waals surface area contributed by atoms with Gasteiger partial charge in [0.2, 0.25) is 0 Å². The highest BCUT2D eigenvalue weighted by Gasteiger charge is 2.35. The van der Waals surface area contributed by atoms with Crippen molar-refractivity contribution >= 4 is 43.8 Å². The number of carbonyl (C=O) groups excluding carboxylic acids is 2. The predicted molar refractivity (Wildman–Crippen MR) is 164 cm³/mol. The third-order valence-electron chi connectivity index (χ3n) is 7.76. The van der Waals surface area contributed by atoms with Gasteiger partial charge in [-0.25, -0.2) is 9.59 Å². The van der Waals surface area contributed by atoms with Gasteiger partial charge in [0, 0.05) is 14.4 Å². The standard InChI is InChI=1S/C34H30Br2O4/c1-22-6-8-24(20-30(22)35)32(37)39-28-14-10-26(11-15-28)34(18-4-3-5-19-34)27-12-16-29(17-13-27)40-33(38)25-9-7-23(2)31(36)21-25/h6-17,20-21H,3-5,18-19H2,1-2H3. The third-order valence-corrected chi connectivity index (χ3v) is 9.47. The quantitative estimate of drug-likeness (QED) is 0.153. The highest BCUT2D eigenvalue weighted by molar-refractivity contribution is 9.10. The molecular formula is C34H30Br2O4. The van der Waals surface area contributed by atoms with Crippen LogP contribution in [-0.2, 0) is 5.41 Å². The van der Waals surface area contributed by atoms with Crippen molar-refractivity contribution < 1.29 is 19.1 Å². The number of esters is 2. The van der Waals surface area contributed by atoms with Gasteiger partial charge in [0.05, 0.1) is 11.1 Å². The minimum absolute atomic E-state index is 0.146. The van der Waals surface area contributed by atoms with Crippen LogP contribution in [0.3, 0.4) is 0 Å². The van der Waals surface area contributed by atoms with E-state index in [0.29, 0.717) is 22.6 Å². The summed E-state index contributed by atoms with van der Waals surface area (Å²) in [5, 5.41) is 0. The smallest absolute Gasteiger partial charge is 0.343 e. The first-order valence-electron chi connectivity index (χ1n) is 13.4. The molecule has 0 spiro atoms. The minimum atomic E-state index is -0.385. The molecule has 1 fully saturated rings. The second-order valence-electron chi connectivity index (χ2n) is 10.4. The number of hydrogen-bond donors (Lipinski definition) is 0. The van der Waals surface area contributed by atoms with Crippen LogP contribution in [0.2, 0.25) is 0 Å². The highest BCUT2D eigenvalue weighted by Crippen LogP contribution is 2.45. The Morgan fingerprint density at radius 1 is 0.600 bits per heavy atom. The maximum Gasteiger partial charge on any atom is 0.343 e. The van der Waals surface area contributed by atoms with Crippen LogP contribution in [-0.4, -0.2) is 11.9 Å². The number of aryl methyl sites for hydroxylation is 2. The van der Waals surface area contributed by atoms with E-state index in [1.54, 1.807) is 24.3 Å². The van der Waals surface area contributed by atoms with Gasteiger partial charge in [0.15, 0.2) is 0 Å². The first kappa shape index (κ1) is 28.3. The predicted octanol–water partition coefficient (Wildman–Crippen LogP) is 9.52. The van der Waals surface area contributed by atoms with Crippen molar-refractivity contribution in [1.82, 2.24) is 0 Å². The molecule has 4 aromatic carbocycles. The molecule has 1 aliphatic carbocycles. The lowest BCUT2D eigenvalue weighted by Gasteiger charge is -2.38. The Hall–Kier alpha value is -3.22. The first-order chi connectivity index (χ1) is 19.2. The molecule has 0 aromatic heterocycles. The van der Waals surface area contributed by atoms with E-state index >= 15 is 0 Å². The molecule has 1 saturated carbocycles. The molecule has 0 radical (unpaired) electrons. The van der Waals surface area contributed by atoms with E-state index in [9.17, 15) is 9.59 Å². The van der Waals surface area contributed by atoms with Gasteiger partial charge >= 0.3 is 11.9 Å². The number of rotatable bonds is 6. The van der Waals surface area contributed by atoms with Crippen molar-refractivity contribution in [2.24, 2.45) is 0 Å². The third kappa shape index (κ3) is 6.08. The van der Waals surface area contributed by atoms with E-state index in [4.69, 9.17) is 9.47 Å². The van der Waals surface area contributed by atoms with Crippen molar-refractivity contribution in [2.45, 2.75) is 51.4 Å². The van der Waals surface area contributed by atoms with Crippen molar-refractivity contribution in [1.29, 1.82) is 0 Å². The fourth-order valence-electron chi connectivity index (χ4n) is 5.35. The molecule has 4 nitrogen and oxygen atoms in total. The van der Waals surface area contributed by atoms with Gasteiger partial charge in [-0.2, -0.15) is 0 Å². The van der Waals surface area contributed by atoms with Crippen molar-refractivity contribution in [3.05, 3.63) is 127 Å². The number of halogens is 2. The minimum Gasteiger partial charge on any atom is -0.423 e. The molecular weight excluding hydrogens is 632 g/mol. The molecule has 5 rings (SSSR count). The van der Waals surface area contributed by atoms with Gasteiger partial charge in [0.25, 0.3) is 0 Å². The summed E-state index contributed by atoms with van der Waals surface area (Å²) < 4.78 is 13.1. The largest absolute Gasteiger partial charge is 0.423 e. The van der Waals surface area contributed by atoms with Gasteiger partial charge < -0.3 is 9.47 Å². The summed E-state index contributed by atoms with van der Waals surface area (Å²) in [6.07, 6.45) is 5.54. The van der Waals surface area contributed by atoms with E-state index in [1.807, 2.05) is 50.2 Å². The first-order valence-corrected chi connectivity index (χ1v) is 15.0. The Balaban J connectivity index is 1.34. The van der Waals surface area contributed by atoms with Crippen molar-refractivity contribution in [3.63, 3.8) is 0 Å². The number of hydrogen-bond acceptors (Lipinski definition) is 4. The molecule has 0 N–H and O–H groups in total. The molecule has 0 unspecified atom stereocenters. The van der Waals surface area contributed by atoms with E-state index < -0.39 is 0 Å². The average molecular weight is 662 g/mol. The van der Waals surface area contributed by atoms with Gasteiger partial charge in [-0.3, -0.25) is 0 Å². The van der Waals surface area contributed by atoms with Gasteiger partial charge in [0.1, 0.15) is 11.5 Å². The Kier molecular flexibility index (Phi) is 8.57. The van der Waals surface area contributed by atoms with Crippen LogP contribution in [0, 0.1) is 13.8 Å². The summed E-state index contributed by atoms with van der Waals surface area (Å²) in [5.41, 5.74) is 5.36. The molecule has 0 atom stereocenters. The van der Waals surface area contributed by atoms with Gasteiger partial charge in [-0.05, 0) is 97.5 Å². The normalized spacial score (nSPS) is 14.4. The Labute approximate surface area is 252 Å². The van der Waals surface area contributed by atoms with Crippen LogP contribution in [0.4, 0.5) is 0 Å². The Bertz CT molecular complexity index is 1420. The van der Waals surface area contributed by atoms with Crippen LogP contribution in [0.15, 0.2) is 93.9 Å². The summed E-state index contributed by atoms with van der Waals surface area (Å²) in [5.74, 6) is 0.260. The summed E-state index contributed by atoms with van der Waals surface area (Å²) in [6.45, 7) is 3.95. The fraction of sp³-hybridized carbons (Fsp3) is 0.235. The Morgan fingerprint density at radius 2 is 1.00 bits per heavy atom. The van der Waals surface area contributed by atoms with Crippen LogP contribution in [0.5, 0.6) is 11.5 Å². The molecule has 0 amide bonds. The summed E-state index contributed by atoms with van der Waals surface area (Å²) in [7, 11) is 0. The van der Waals surface area contributed by atoms with Crippen LogP contribution in [0.25, 0.3) is 0 Å². The molecule has 204 valence electrons. The average Bonchev–Trinajstić information content (AvgIpc) is 2.97. The number of carbonyl (C=O) groups is 2. The summed E-state index contributed by atoms with van der Waals surface area (Å²) in [4.78, 5) is 25.4. The van der Waals surface area contributed by atoms with Crippen molar-refractivity contribution in [2.75, 3.05) is 0 Å². The number of benzene rings is 4. The van der Waals surface area contributed by atoms with Crippen LogP contribution >= 0.6 is 31.9 Å². The van der Waals surface area contributed by atoms with E-state index in [-0.39, 0.29) is 17.4 Å². The fourth-order valence-corrected chi connectivity index (χ4v) is 6.11. The lowest BCUT2D eigenvalue weighted by molar-refractivity contribution is 0.0725. The zero-order chi connectivity index (χ0) is 28.3. The SMILES string of the molecule is Cc1ccc(C(=O)Oc2ccc(C3(c4ccc(OC(=O)c5ccc(C)c(Br)c5)cc4)CCCCC3)cc2)cc1Br. The molecule has 40 heavy (non-hydrogen) atoms. The molecule has 0 aliphatic heterocycles. The van der Waals surface area contributed by atoms with Crippen molar-refractivity contribution in [3.8, 4) is 11.5 Å². The molecule has 0 heterocycles. The maximum absolute atomic E-state index is 12.7. The lowest BCUT2D eigenvalue weighted by atomic mass is 9.65. The zero-order valence-corrected chi connectivity index (χ0v) is 25.7. The summed E-state index contributed by atoms with van der Waals surface area (Å²) >= 11 is 6.96. The zero-order valence-electron chi connectivity index (χ0n) is 22.5. The molecule has 6 heteroatoms. The van der Waals surface area contributed by atoms with E-state index in [0.717, 1.165) is 45.8 Å². The van der Waals surface area contributed by atoms with Crippen LogP contribution < -0.4 is 9.47 Å². The number of ether oxygens (including phenoxy) is 2. The highest BCUT2D eigenvalue weighted by atomic mass is 79.9. The molecule has 1 aliphatic rings. The maximum atomic E-state index is 12.7.